The fourth-order valence-electron chi connectivity index (χ4n) is 2.66. The van der Waals surface area contributed by atoms with Crippen LogP contribution in [0.5, 0.6) is 11.5 Å². The molecule has 8 nitrogen and oxygen atoms in total. The summed E-state index contributed by atoms with van der Waals surface area (Å²) in [5.41, 5.74) is 0.292. The molecule has 3 amide bonds. The largest absolute Gasteiger partial charge is 0.454 e. The summed E-state index contributed by atoms with van der Waals surface area (Å²) in [5.74, 6) is 0.837. The van der Waals surface area contributed by atoms with Gasteiger partial charge in [-0.25, -0.2) is 4.79 Å². The van der Waals surface area contributed by atoms with Crippen molar-refractivity contribution < 1.29 is 23.8 Å². The van der Waals surface area contributed by atoms with E-state index in [1.807, 2.05) is 18.7 Å². The van der Waals surface area contributed by atoms with Crippen molar-refractivity contribution in [2.75, 3.05) is 38.4 Å². The molecule has 1 aromatic carbocycles. The molecule has 0 atom stereocenters. The number of hydrogen-bond donors (Lipinski definition) is 2. The fraction of sp³-hybridized carbons (Fsp3) is 0.500. The maximum absolute atomic E-state index is 12.1. The molecule has 1 saturated heterocycles. The number of anilines is 1. The van der Waals surface area contributed by atoms with E-state index in [1.54, 1.807) is 18.2 Å². The summed E-state index contributed by atoms with van der Waals surface area (Å²) < 4.78 is 15.9. The zero-order valence-electron chi connectivity index (χ0n) is 13.8. The maximum atomic E-state index is 12.1. The van der Waals surface area contributed by atoms with Crippen LogP contribution in [0.2, 0.25) is 0 Å². The van der Waals surface area contributed by atoms with Crippen LogP contribution in [0.1, 0.15) is 13.8 Å². The second kappa shape index (κ2) is 6.66. The van der Waals surface area contributed by atoms with Crippen LogP contribution in [0.3, 0.4) is 0 Å². The molecule has 2 aliphatic rings. The van der Waals surface area contributed by atoms with Gasteiger partial charge in [0.25, 0.3) is 0 Å². The van der Waals surface area contributed by atoms with Crippen LogP contribution >= 0.6 is 0 Å². The first-order valence-electron chi connectivity index (χ1n) is 7.77. The van der Waals surface area contributed by atoms with Crippen LogP contribution < -0.4 is 20.1 Å². The van der Waals surface area contributed by atoms with Crippen LogP contribution in [0, 0.1) is 0 Å². The molecule has 1 aromatic rings. The van der Waals surface area contributed by atoms with Crippen molar-refractivity contribution in [3.8, 4) is 11.5 Å². The Morgan fingerprint density at radius 1 is 1.25 bits per heavy atom. The van der Waals surface area contributed by atoms with Crippen LogP contribution in [-0.4, -0.2) is 55.5 Å². The third-order valence-corrected chi connectivity index (χ3v) is 4.03. The van der Waals surface area contributed by atoms with Crippen LogP contribution in [-0.2, 0) is 9.53 Å². The van der Waals surface area contributed by atoms with Crippen molar-refractivity contribution in [2.45, 2.75) is 19.4 Å². The highest BCUT2D eigenvalue weighted by Crippen LogP contribution is 2.34. The minimum atomic E-state index is -0.579. The average Bonchev–Trinajstić information content (AvgIpc) is 2.96. The van der Waals surface area contributed by atoms with Gasteiger partial charge in [0.1, 0.15) is 0 Å². The summed E-state index contributed by atoms with van der Waals surface area (Å²) in [4.78, 5) is 26.1. The molecule has 3 rings (SSSR count). The van der Waals surface area contributed by atoms with Crippen molar-refractivity contribution >= 4 is 17.6 Å². The zero-order valence-corrected chi connectivity index (χ0v) is 13.8. The first kappa shape index (κ1) is 16.5. The first-order chi connectivity index (χ1) is 11.4. The lowest BCUT2D eigenvalue weighted by Crippen LogP contribution is -2.56. The van der Waals surface area contributed by atoms with Crippen LogP contribution in [0.4, 0.5) is 10.5 Å². The summed E-state index contributed by atoms with van der Waals surface area (Å²) in [7, 11) is 0. The van der Waals surface area contributed by atoms with Gasteiger partial charge in [0.2, 0.25) is 12.7 Å². The number of hydrogen-bond acceptors (Lipinski definition) is 6. The number of fused-ring (bicyclic) bond motifs is 1. The number of rotatable bonds is 3. The number of nitrogens with one attached hydrogen (secondary N) is 2. The number of carbonyl (C=O) groups is 2. The van der Waals surface area contributed by atoms with Crippen LogP contribution in [0.25, 0.3) is 0 Å². The Kier molecular flexibility index (Phi) is 4.59. The lowest BCUT2D eigenvalue weighted by molar-refractivity contribution is -0.126. The molecule has 0 saturated carbocycles. The van der Waals surface area contributed by atoms with Crippen molar-refractivity contribution in [2.24, 2.45) is 0 Å². The van der Waals surface area contributed by atoms with E-state index in [9.17, 15) is 9.59 Å². The van der Waals surface area contributed by atoms with Gasteiger partial charge in [0.05, 0.1) is 19.8 Å². The molecule has 0 aliphatic carbocycles. The average molecular weight is 335 g/mol. The SMILES string of the molecule is CC1(C)COCCN1CC(=O)NC(=O)Nc1ccc2c(c1)OCO2. The molecular weight excluding hydrogens is 314 g/mol. The molecule has 2 heterocycles. The van der Waals surface area contributed by atoms with Gasteiger partial charge in [-0.1, -0.05) is 0 Å². The summed E-state index contributed by atoms with van der Waals surface area (Å²) in [6.07, 6.45) is 0. The van der Waals surface area contributed by atoms with E-state index in [4.69, 9.17) is 14.2 Å². The molecule has 1 fully saturated rings. The number of amides is 3. The zero-order chi connectivity index (χ0) is 17.2. The van der Waals surface area contributed by atoms with Crippen molar-refractivity contribution in [3.63, 3.8) is 0 Å². The van der Waals surface area contributed by atoms with E-state index in [0.717, 1.165) is 0 Å². The van der Waals surface area contributed by atoms with Gasteiger partial charge >= 0.3 is 6.03 Å². The van der Waals surface area contributed by atoms with E-state index in [-0.39, 0.29) is 24.8 Å². The summed E-state index contributed by atoms with van der Waals surface area (Å²) >= 11 is 0. The van der Waals surface area contributed by atoms with Crippen molar-refractivity contribution in [3.05, 3.63) is 18.2 Å². The quantitative estimate of drug-likeness (QED) is 0.862. The van der Waals surface area contributed by atoms with Gasteiger partial charge in [-0.2, -0.15) is 0 Å². The highest BCUT2D eigenvalue weighted by atomic mass is 16.7. The monoisotopic (exact) mass is 335 g/mol. The first-order valence-corrected chi connectivity index (χ1v) is 7.77. The van der Waals surface area contributed by atoms with Crippen molar-refractivity contribution in [1.82, 2.24) is 10.2 Å². The highest BCUT2D eigenvalue weighted by Gasteiger charge is 2.32. The molecule has 24 heavy (non-hydrogen) atoms. The molecule has 0 unspecified atom stereocenters. The molecule has 0 radical (unpaired) electrons. The lowest BCUT2D eigenvalue weighted by atomic mass is 10.0. The molecule has 0 spiro atoms. The molecular formula is C16H21N3O5. The lowest BCUT2D eigenvalue weighted by Gasteiger charge is -2.41. The van der Waals surface area contributed by atoms with Gasteiger partial charge in [-0.05, 0) is 26.0 Å². The standard InChI is InChI=1S/C16H21N3O5/c1-16(2)9-22-6-5-19(16)8-14(20)18-15(21)17-11-3-4-12-13(7-11)24-10-23-12/h3-4,7H,5-6,8-10H2,1-2H3,(H2,17,18,20,21). The molecule has 130 valence electrons. The maximum Gasteiger partial charge on any atom is 0.325 e. The number of imide groups is 1. The van der Waals surface area contributed by atoms with E-state index in [0.29, 0.717) is 36.9 Å². The Hall–Kier alpha value is -2.32. The smallest absolute Gasteiger partial charge is 0.325 e. The number of urea groups is 1. The number of nitrogens with zero attached hydrogens (tertiary/aromatic N) is 1. The van der Waals surface area contributed by atoms with E-state index in [2.05, 4.69) is 10.6 Å². The van der Waals surface area contributed by atoms with E-state index >= 15 is 0 Å². The van der Waals surface area contributed by atoms with Crippen LogP contribution in [0.15, 0.2) is 18.2 Å². The number of ether oxygens (including phenoxy) is 3. The van der Waals surface area contributed by atoms with E-state index < -0.39 is 6.03 Å². The second-order valence-corrected chi connectivity index (χ2v) is 6.36. The second-order valence-electron chi connectivity index (χ2n) is 6.36. The van der Waals surface area contributed by atoms with Crippen molar-refractivity contribution in [1.29, 1.82) is 0 Å². The third-order valence-electron chi connectivity index (χ3n) is 4.03. The van der Waals surface area contributed by atoms with Gasteiger partial charge in [-0.15, -0.1) is 0 Å². The normalized spacial score (nSPS) is 18.9. The topological polar surface area (TPSA) is 89.1 Å². The van der Waals surface area contributed by atoms with E-state index in [1.165, 1.54) is 0 Å². The molecule has 0 aromatic heterocycles. The summed E-state index contributed by atoms with van der Waals surface area (Å²) in [6, 6.07) is 4.46. The predicted molar refractivity (Wildman–Crippen MR) is 86.2 cm³/mol. The Morgan fingerprint density at radius 3 is 2.83 bits per heavy atom. The highest BCUT2D eigenvalue weighted by molar-refractivity contribution is 6.01. The summed E-state index contributed by atoms with van der Waals surface area (Å²) in [6.45, 7) is 6.12. The van der Waals surface area contributed by atoms with Gasteiger partial charge in [-0.3, -0.25) is 15.0 Å². The number of morpholine rings is 1. The fourth-order valence-corrected chi connectivity index (χ4v) is 2.66. The third kappa shape index (κ3) is 3.77. The number of benzene rings is 1. The minimum Gasteiger partial charge on any atom is -0.454 e. The predicted octanol–water partition coefficient (Wildman–Crippen LogP) is 1.17. The Labute approximate surface area is 140 Å². The van der Waals surface area contributed by atoms with Gasteiger partial charge in [0.15, 0.2) is 11.5 Å². The Bertz CT molecular complexity index is 647. The molecule has 0 bridgehead atoms. The van der Waals surface area contributed by atoms with Gasteiger partial charge < -0.3 is 19.5 Å². The Balaban J connectivity index is 1.52. The summed E-state index contributed by atoms with van der Waals surface area (Å²) in [5, 5.41) is 4.95. The molecule has 2 N–H and O–H groups in total. The van der Waals surface area contributed by atoms with Gasteiger partial charge in [0, 0.05) is 23.8 Å². The number of carbonyl (C=O) groups excluding carboxylic acids is 2. The molecule has 2 aliphatic heterocycles. The minimum absolute atomic E-state index is 0.144. The Morgan fingerprint density at radius 2 is 2.04 bits per heavy atom. The molecule has 8 heteroatoms.